The van der Waals surface area contributed by atoms with Gasteiger partial charge in [-0.3, -0.25) is 0 Å². The molecule has 0 bridgehead atoms. The summed E-state index contributed by atoms with van der Waals surface area (Å²) in [5, 5.41) is 2.50. The molecule has 0 spiro atoms. The summed E-state index contributed by atoms with van der Waals surface area (Å²) in [7, 11) is 1.63. The van der Waals surface area contributed by atoms with Crippen LogP contribution in [0.3, 0.4) is 0 Å². The van der Waals surface area contributed by atoms with Crippen LogP contribution in [0.5, 0.6) is 11.5 Å². The van der Waals surface area contributed by atoms with Gasteiger partial charge in [-0.25, -0.2) is 4.39 Å². The summed E-state index contributed by atoms with van der Waals surface area (Å²) < 4.78 is 56.5. The van der Waals surface area contributed by atoms with E-state index in [2.05, 4.69) is 5.32 Å². The van der Waals surface area contributed by atoms with E-state index in [0.717, 1.165) is 18.2 Å². The molecule has 0 aliphatic heterocycles. The van der Waals surface area contributed by atoms with Crippen LogP contribution < -0.4 is 10.1 Å². The number of rotatable bonds is 3. The van der Waals surface area contributed by atoms with E-state index in [4.69, 9.17) is 16.3 Å². The second-order valence-electron chi connectivity index (χ2n) is 4.14. The minimum absolute atomic E-state index is 0.0548. The molecule has 2 aromatic carbocycles. The zero-order valence-electron chi connectivity index (χ0n) is 10.8. The van der Waals surface area contributed by atoms with E-state index in [1.54, 1.807) is 13.1 Å². The molecule has 0 saturated heterocycles. The number of hydrogen-bond donors (Lipinski definition) is 1. The summed E-state index contributed by atoms with van der Waals surface area (Å²) in [4.78, 5) is 0. The Morgan fingerprint density at radius 1 is 1.05 bits per heavy atom. The van der Waals surface area contributed by atoms with Crippen molar-refractivity contribution in [3.8, 4) is 11.5 Å². The molecule has 0 saturated carbocycles. The van der Waals surface area contributed by atoms with Gasteiger partial charge in [0.2, 0.25) is 0 Å². The SMILES string of the molecule is CNc1ccc(Oc2ccc(C(F)(F)F)cc2Cl)c(F)c1. The standard InChI is InChI=1S/C14H10ClF4NO/c1-20-9-3-5-13(11(16)7-9)21-12-4-2-8(6-10(12)15)14(17,18)19/h2-7,20H,1H3. The molecule has 2 rings (SSSR count). The zero-order chi connectivity index (χ0) is 15.6. The van der Waals surface area contributed by atoms with Gasteiger partial charge < -0.3 is 10.1 Å². The maximum atomic E-state index is 13.7. The van der Waals surface area contributed by atoms with Crippen molar-refractivity contribution in [2.75, 3.05) is 12.4 Å². The predicted molar refractivity (Wildman–Crippen MR) is 72.5 cm³/mol. The van der Waals surface area contributed by atoms with Crippen molar-refractivity contribution in [1.29, 1.82) is 0 Å². The first-order chi connectivity index (χ1) is 9.81. The Bertz CT molecular complexity index is 658. The Hall–Kier alpha value is -1.95. The molecule has 0 fully saturated rings. The Morgan fingerprint density at radius 3 is 2.24 bits per heavy atom. The van der Waals surface area contributed by atoms with Gasteiger partial charge in [0.05, 0.1) is 10.6 Å². The molecular formula is C14H10ClF4NO. The second-order valence-corrected chi connectivity index (χ2v) is 4.55. The van der Waals surface area contributed by atoms with Crippen LogP contribution in [0.25, 0.3) is 0 Å². The summed E-state index contributed by atoms with van der Waals surface area (Å²) in [6.07, 6.45) is -4.50. The lowest BCUT2D eigenvalue weighted by molar-refractivity contribution is -0.137. The van der Waals surface area contributed by atoms with Gasteiger partial charge in [-0.2, -0.15) is 13.2 Å². The van der Waals surface area contributed by atoms with Gasteiger partial charge in [0, 0.05) is 18.8 Å². The molecule has 0 unspecified atom stereocenters. The van der Waals surface area contributed by atoms with Crippen LogP contribution in [-0.4, -0.2) is 7.05 Å². The normalized spacial score (nSPS) is 11.3. The largest absolute Gasteiger partial charge is 0.453 e. The van der Waals surface area contributed by atoms with Crippen LogP contribution in [0.15, 0.2) is 36.4 Å². The molecule has 0 heterocycles. The highest BCUT2D eigenvalue weighted by atomic mass is 35.5. The summed E-state index contributed by atoms with van der Waals surface area (Å²) in [6.45, 7) is 0. The van der Waals surface area contributed by atoms with Crippen LogP contribution in [0.4, 0.5) is 23.2 Å². The van der Waals surface area contributed by atoms with E-state index in [9.17, 15) is 17.6 Å². The van der Waals surface area contributed by atoms with Crippen molar-refractivity contribution in [3.05, 3.63) is 52.8 Å². The van der Waals surface area contributed by atoms with E-state index in [0.29, 0.717) is 5.69 Å². The number of benzene rings is 2. The van der Waals surface area contributed by atoms with Crippen molar-refractivity contribution in [3.63, 3.8) is 0 Å². The highest BCUT2D eigenvalue weighted by Crippen LogP contribution is 2.37. The average Bonchev–Trinajstić information content (AvgIpc) is 2.41. The Morgan fingerprint density at radius 2 is 1.71 bits per heavy atom. The molecule has 0 amide bonds. The number of nitrogens with one attached hydrogen (secondary N) is 1. The highest BCUT2D eigenvalue weighted by Gasteiger charge is 2.31. The van der Waals surface area contributed by atoms with E-state index >= 15 is 0 Å². The smallest absolute Gasteiger partial charge is 0.416 e. The molecule has 0 atom stereocenters. The van der Waals surface area contributed by atoms with Crippen molar-refractivity contribution in [2.24, 2.45) is 0 Å². The van der Waals surface area contributed by atoms with Crippen LogP contribution in [0.1, 0.15) is 5.56 Å². The highest BCUT2D eigenvalue weighted by molar-refractivity contribution is 6.32. The molecule has 1 N–H and O–H groups in total. The van der Waals surface area contributed by atoms with Gasteiger partial charge in [0.1, 0.15) is 5.75 Å². The van der Waals surface area contributed by atoms with Gasteiger partial charge >= 0.3 is 6.18 Å². The maximum absolute atomic E-state index is 13.7. The van der Waals surface area contributed by atoms with E-state index < -0.39 is 17.6 Å². The van der Waals surface area contributed by atoms with Gasteiger partial charge in [0.25, 0.3) is 0 Å². The summed E-state index contributed by atoms with van der Waals surface area (Å²) in [5.41, 5.74) is -0.357. The second kappa shape index (κ2) is 5.81. The van der Waals surface area contributed by atoms with Crippen molar-refractivity contribution >= 4 is 17.3 Å². The van der Waals surface area contributed by atoms with Crippen LogP contribution in [0.2, 0.25) is 5.02 Å². The Kier molecular flexibility index (Phi) is 4.27. The monoisotopic (exact) mass is 319 g/mol. The fraction of sp³-hybridized carbons (Fsp3) is 0.143. The van der Waals surface area contributed by atoms with Crippen LogP contribution in [-0.2, 0) is 6.18 Å². The molecule has 7 heteroatoms. The fourth-order valence-corrected chi connectivity index (χ4v) is 1.84. The van der Waals surface area contributed by atoms with Crippen LogP contribution >= 0.6 is 11.6 Å². The molecule has 2 nitrogen and oxygen atoms in total. The molecular weight excluding hydrogens is 310 g/mol. The summed E-state index contributed by atoms with van der Waals surface area (Å²) >= 11 is 5.74. The third kappa shape index (κ3) is 3.58. The first-order valence-corrected chi connectivity index (χ1v) is 6.21. The van der Waals surface area contributed by atoms with Crippen molar-refractivity contribution < 1.29 is 22.3 Å². The Labute approximate surface area is 123 Å². The van der Waals surface area contributed by atoms with Gasteiger partial charge in [0.15, 0.2) is 11.6 Å². The third-order valence-electron chi connectivity index (χ3n) is 2.70. The third-order valence-corrected chi connectivity index (χ3v) is 3.00. The quantitative estimate of drug-likeness (QED) is 0.772. The first-order valence-electron chi connectivity index (χ1n) is 5.83. The van der Waals surface area contributed by atoms with Gasteiger partial charge in [-0.1, -0.05) is 11.6 Å². The number of alkyl halides is 3. The van der Waals surface area contributed by atoms with Crippen LogP contribution in [0, 0.1) is 5.82 Å². The first kappa shape index (κ1) is 15.4. The molecule has 2 aromatic rings. The molecule has 112 valence electrons. The van der Waals surface area contributed by atoms with E-state index in [1.807, 2.05) is 0 Å². The molecule has 0 aliphatic rings. The van der Waals surface area contributed by atoms with Crippen molar-refractivity contribution in [2.45, 2.75) is 6.18 Å². The zero-order valence-corrected chi connectivity index (χ0v) is 11.5. The van der Waals surface area contributed by atoms with Gasteiger partial charge in [-0.05, 0) is 30.3 Å². The number of anilines is 1. The van der Waals surface area contributed by atoms with Gasteiger partial charge in [-0.15, -0.1) is 0 Å². The summed E-state index contributed by atoms with van der Waals surface area (Å²) in [6, 6.07) is 6.73. The lowest BCUT2D eigenvalue weighted by Crippen LogP contribution is -2.04. The van der Waals surface area contributed by atoms with E-state index in [1.165, 1.54) is 12.1 Å². The lowest BCUT2D eigenvalue weighted by Gasteiger charge is -2.12. The number of halogens is 5. The van der Waals surface area contributed by atoms with Crippen molar-refractivity contribution in [1.82, 2.24) is 0 Å². The fourth-order valence-electron chi connectivity index (χ4n) is 1.62. The minimum Gasteiger partial charge on any atom is -0.453 e. The predicted octanol–water partition coefficient (Wildman–Crippen LogP) is 5.33. The number of ether oxygens (including phenoxy) is 1. The molecule has 0 aromatic heterocycles. The molecule has 0 aliphatic carbocycles. The molecule has 0 radical (unpaired) electrons. The van der Waals surface area contributed by atoms with E-state index in [-0.39, 0.29) is 16.5 Å². The summed E-state index contributed by atoms with van der Waals surface area (Å²) in [5.74, 6) is -0.839. The average molecular weight is 320 g/mol. The number of hydrogen-bond acceptors (Lipinski definition) is 2. The molecule has 21 heavy (non-hydrogen) atoms. The maximum Gasteiger partial charge on any atom is 0.416 e. The lowest BCUT2D eigenvalue weighted by atomic mass is 10.2. The Balaban J connectivity index is 2.28. The minimum atomic E-state index is -4.50. The topological polar surface area (TPSA) is 21.3 Å².